The molecule has 0 unspecified atom stereocenters. The molecule has 0 aliphatic rings. The Bertz CT molecular complexity index is 611. The summed E-state index contributed by atoms with van der Waals surface area (Å²) in [5, 5.41) is 3.01. The van der Waals surface area contributed by atoms with Crippen LogP contribution in [0.3, 0.4) is 0 Å². The third-order valence-electron chi connectivity index (χ3n) is 7.11. The van der Waals surface area contributed by atoms with Gasteiger partial charge in [0.2, 0.25) is 5.91 Å². The highest BCUT2D eigenvalue weighted by atomic mass is 16.5. The average Bonchev–Trinajstić information content (AvgIpc) is 2.86. The van der Waals surface area contributed by atoms with Crippen molar-refractivity contribution >= 4 is 11.6 Å². The Labute approximate surface area is 224 Å². The van der Waals surface area contributed by atoms with Crippen LogP contribution in [0.2, 0.25) is 0 Å². The highest BCUT2D eigenvalue weighted by molar-refractivity contribution is 5.90. The van der Waals surface area contributed by atoms with Gasteiger partial charge in [0.1, 0.15) is 5.75 Å². The first-order valence-electron chi connectivity index (χ1n) is 15.6. The third kappa shape index (κ3) is 20.7. The van der Waals surface area contributed by atoms with E-state index in [2.05, 4.69) is 26.1 Å². The molecule has 0 saturated heterocycles. The number of rotatable bonds is 25. The zero-order valence-electron chi connectivity index (χ0n) is 24.3. The number of carbonyl (C=O) groups excluding carboxylic acids is 1. The predicted octanol–water partition coefficient (Wildman–Crippen LogP) is 10.9. The minimum absolute atomic E-state index is 0.121. The van der Waals surface area contributed by atoms with Crippen molar-refractivity contribution in [2.45, 2.75) is 156 Å². The second-order valence-electron chi connectivity index (χ2n) is 11.2. The SMILES string of the molecule is CCCCCCCCCCCCCCCCCCCCCC(=O)Nc1ccc(OCCC(C)C)cc1. The van der Waals surface area contributed by atoms with Gasteiger partial charge in [-0.05, 0) is 43.0 Å². The standard InChI is InChI=1S/C33H59NO2/c1-4-5-6-7-8-9-10-11-12-13-14-15-16-17-18-19-20-21-22-23-33(35)34-31-24-26-32(27-25-31)36-29-28-30(2)3/h24-27,30H,4-23,28-29H2,1-3H3,(H,34,35). The first-order chi connectivity index (χ1) is 17.6. The van der Waals surface area contributed by atoms with Crippen molar-refractivity contribution < 1.29 is 9.53 Å². The lowest BCUT2D eigenvalue weighted by Crippen LogP contribution is -2.11. The minimum Gasteiger partial charge on any atom is -0.494 e. The molecule has 0 aliphatic carbocycles. The Hall–Kier alpha value is -1.51. The van der Waals surface area contributed by atoms with E-state index >= 15 is 0 Å². The molecule has 0 fully saturated rings. The Morgan fingerprint density at radius 1 is 0.667 bits per heavy atom. The average molecular weight is 502 g/mol. The van der Waals surface area contributed by atoms with Gasteiger partial charge in [0.25, 0.3) is 0 Å². The van der Waals surface area contributed by atoms with Crippen LogP contribution in [-0.2, 0) is 4.79 Å². The Morgan fingerprint density at radius 3 is 1.50 bits per heavy atom. The summed E-state index contributed by atoms with van der Waals surface area (Å²) in [6.45, 7) is 7.42. The summed E-state index contributed by atoms with van der Waals surface area (Å²) in [5.74, 6) is 1.63. The number of unbranched alkanes of at least 4 members (excludes halogenated alkanes) is 18. The van der Waals surface area contributed by atoms with Gasteiger partial charge < -0.3 is 10.1 Å². The van der Waals surface area contributed by atoms with Crippen molar-refractivity contribution in [3.05, 3.63) is 24.3 Å². The van der Waals surface area contributed by atoms with Gasteiger partial charge in [0.15, 0.2) is 0 Å². The molecule has 1 amide bonds. The van der Waals surface area contributed by atoms with Gasteiger partial charge >= 0.3 is 0 Å². The van der Waals surface area contributed by atoms with E-state index in [0.29, 0.717) is 12.3 Å². The second-order valence-corrected chi connectivity index (χ2v) is 11.2. The van der Waals surface area contributed by atoms with Crippen LogP contribution in [0.5, 0.6) is 5.75 Å². The third-order valence-corrected chi connectivity index (χ3v) is 7.11. The molecular weight excluding hydrogens is 442 g/mol. The summed E-state index contributed by atoms with van der Waals surface area (Å²) >= 11 is 0. The monoisotopic (exact) mass is 501 g/mol. The smallest absolute Gasteiger partial charge is 0.224 e. The normalized spacial score (nSPS) is 11.2. The lowest BCUT2D eigenvalue weighted by Gasteiger charge is -2.09. The highest BCUT2D eigenvalue weighted by Crippen LogP contribution is 2.18. The van der Waals surface area contributed by atoms with Gasteiger partial charge in [-0.3, -0.25) is 4.79 Å². The molecule has 0 radical (unpaired) electrons. The summed E-state index contributed by atoms with van der Waals surface area (Å²) in [7, 11) is 0. The van der Waals surface area contributed by atoms with Crippen LogP contribution in [0.25, 0.3) is 0 Å². The van der Waals surface area contributed by atoms with Crippen molar-refractivity contribution in [1.82, 2.24) is 0 Å². The predicted molar refractivity (Wildman–Crippen MR) is 158 cm³/mol. The van der Waals surface area contributed by atoms with E-state index in [1.807, 2.05) is 24.3 Å². The molecule has 0 spiro atoms. The zero-order chi connectivity index (χ0) is 26.1. The van der Waals surface area contributed by atoms with E-state index in [4.69, 9.17) is 4.74 Å². The number of hydrogen-bond acceptors (Lipinski definition) is 2. The van der Waals surface area contributed by atoms with E-state index < -0.39 is 0 Å². The van der Waals surface area contributed by atoms with E-state index in [9.17, 15) is 4.79 Å². The second kappa shape index (κ2) is 23.9. The van der Waals surface area contributed by atoms with E-state index in [0.717, 1.165) is 37.3 Å². The van der Waals surface area contributed by atoms with Crippen LogP contribution in [-0.4, -0.2) is 12.5 Å². The fraction of sp³-hybridized carbons (Fsp3) is 0.788. The van der Waals surface area contributed by atoms with Crippen LogP contribution < -0.4 is 10.1 Å². The largest absolute Gasteiger partial charge is 0.494 e. The maximum absolute atomic E-state index is 12.2. The van der Waals surface area contributed by atoms with Crippen LogP contribution >= 0.6 is 0 Å². The number of anilines is 1. The van der Waals surface area contributed by atoms with Gasteiger partial charge in [-0.15, -0.1) is 0 Å². The molecule has 0 saturated carbocycles. The van der Waals surface area contributed by atoms with Crippen LogP contribution in [0, 0.1) is 5.92 Å². The molecule has 1 aromatic rings. The van der Waals surface area contributed by atoms with Crippen LogP contribution in [0.4, 0.5) is 5.69 Å². The maximum atomic E-state index is 12.2. The van der Waals surface area contributed by atoms with Crippen molar-refractivity contribution in [1.29, 1.82) is 0 Å². The zero-order valence-corrected chi connectivity index (χ0v) is 24.3. The Morgan fingerprint density at radius 2 is 1.08 bits per heavy atom. The van der Waals surface area contributed by atoms with E-state index in [1.54, 1.807) is 0 Å². The van der Waals surface area contributed by atoms with Crippen LogP contribution in [0.15, 0.2) is 24.3 Å². The molecule has 36 heavy (non-hydrogen) atoms. The molecule has 1 N–H and O–H groups in total. The summed E-state index contributed by atoms with van der Waals surface area (Å²) in [4.78, 5) is 12.2. The summed E-state index contributed by atoms with van der Waals surface area (Å²) in [5.41, 5.74) is 0.856. The molecule has 0 atom stereocenters. The fourth-order valence-corrected chi connectivity index (χ4v) is 4.63. The number of carbonyl (C=O) groups is 1. The van der Waals surface area contributed by atoms with Gasteiger partial charge in [0, 0.05) is 12.1 Å². The lowest BCUT2D eigenvalue weighted by atomic mass is 10.0. The summed E-state index contributed by atoms with van der Waals surface area (Å²) in [6, 6.07) is 7.73. The van der Waals surface area contributed by atoms with Crippen molar-refractivity contribution in [2.24, 2.45) is 5.92 Å². The number of amides is 1. The number of nitrogens with one attached hydrogen (secondary N) is 1. The van der Waals surface area contributed by atoms with Crippen molar-refractivity contribution in [2.75, 3.05) is 11.9 Å². The summed E-state index contributed by atoms with van der Waals surface area (Å²) < 4.78 is 5.74. The molecule has 0 heterocycles. The van der Waals surface area contributed by atoms with Gasteiger partial charge in [-0.1, -0.05) is 136 Å². The first-order valence-corrected chi connectivity index (χ1v) is 15.6. The molecule has 0 aromatic heterocycles. The van der Waals surface area contributed by atoms with Crippen molar-refractivity contribution in [3.8, 4) is 5.75 Å². The molecule has 3 heteroatoms. The molecule has 0 aliphatic heterocycles. The molecular formula is C33H59NO2. The van der Waals surface area contributed by atoms with Gasteiger partial charge in [-0.2, -0.15) is 0 Å². The lowest BCUT2D eigenvalue weighted by molar-refractivity contribution is -0.116. The van der Waals surface area contributed by atoms with Gasteiger partial charge in [0.05, 0.1) is 6.61 Å². The van der Waals surface area contributed by atoms with E-state index in [1.165, 1.54) is 109 Å². The quantitative estimate of drug-likeness (QED) is 0.135. The first kappa shape index (κ1) is 32.5. The Kier molecular flexibility index (Phi) is 21.6. The molecule has 3 nitrogen and oxygen atoms in total. The number of benzene rings is 1. The van der Waals surface area contributed by atoms with Crippen LogP contribution in [0.1, 0.15) is 156 Å². The minimum atomic E-state index is 0.121. The van der Waals surface area contributed by atoms with E-state index in [-0.39, 0.29) is 5.91 Å². The summed E-state index contributed by atoms with van der Waals surface area (Å²) in [6.07, 6.45) is 27.8. The molecule has 1 aromatic carbocycles. The maximum Gasteiger partial charge on any atom is 0.224 e. The van der Waals surface area contributed by atoms with Crippen molar-refractivity contribution in [3.63, 3.8) is 0 Å². The fourth-order valence-electron chi connectivity index (χ4n) is 4.63. The number of hydrogen-bond donors (Lipinski definition) is 1. The molecule has 1 rings (SSSR count). The molecule has 0 bridgehead atoms. The molecule has 208 valence electrons. The highest BCUT2D eigenvalue weighted by Gasteiger charge is 2.03. The van der Waals surface area contributed by atoms with Gasteiger partial charge in [-0.25, -0.2) is 0 Å². The topological polar surface area (TPSA) is 38.3 Å². The Balaban J connectivity index is 1.84. The number of ether oxygens (including phenoxy) is 1.